The Balaban J connectivity index is 1.89. The molecule has 2 fully saturated rings. The van der Waals surface area contributed by atoms with Crippen LogP contribution < -0.4 is 5.32 Å². The average molecular weight is 183 g/mol. The SMILES string of the molecule is OC1CCCC1C1CCCCNC1. The fraction of sp³-hybridized carbons (Fsp3) is 1.00. The van der Waals surface area contributed by atoms with Gasteiger partial charge in [0.05, 0.1) is 6.10 Å². The Kier molecular flexibility index (Phi) is 3.23. The molecule has 0 radical (unpaired) electrons. The van der Waals surface area contributed by atoms with Gasteiger partial charge in [0.1, 0.15) is 0 Å². The first kappa shape index (κ1) is 9.47. The van der Waals surface area contributed by atoms with Gasteiger partial charge in [0.25, 0.3) is 0 Å². The summed E-state index contributed by atoms with van der Waals surface area (Å²) in [6.45, 7) is 2.32. The van der Waals surface area contributed by atoms with Crippen LogP contribution in [-0.2, 0) is 0 Å². The van der Waals surface area contributed by atoms with Crippen molar-refractivity contribution in [2.75, 3.05) is 13.1 Å². The molecule has 13 heavy (non-hydrogen) atoms. The lowest BCUT2D eigenvalue weighted by atomic mass is 9.86. The zero-order valence-electron chi connectivity index (χ0n) is 8.34. The molecule has 2 rings (SSSR count). The Morgan fingerprint density at radius 2 is 1.92 bits per heavy atom. The summed E-state index contributed by atoms with van der Waals surface area (Å²) in [6, 6.07) is 0. The molecule has 3 unspecified atom stereocenters. The highest BCUT2D eigenvalue weighted by molar-refractivity contribution is 4.84. The number of nitrogens with one attached hydrogen (secondary N) is 1. The van der Waals surface area contributed by atoms with E-state index in [4.69, 9.17) is 0 Å². The van der Waals surface area contributed by atoms with Crippen LogP contribution in [0.15, 0.2) is 0 Å². The summed E-state index contributed by atoms with van der Waals surface area (Å²) in [5.41, 5.74) is 0. The zero-order valence-corrected chi connectivity index (χ0v) is 8.34. The highest BCUT2D eigenvalue weighted by Gasteiger charge is 2.32. The van der Waals surface area contributed by atoms with Crippen LogP contribution in [0.2, 0.25) is 0 Å². The number of rotatable bonds is 1. The van der Waals surface area contributed by atoms with Crippen LogP contribution in [0.25, 0.3) is 0 Å². The van der Waals surface area contributed by atoms with Crippen molar-refractivity contribution in [3.63, 3.8) is 0 Å². The highest BCUT2D eigenvalue weighted by atomic mass is 16.3. The van der Waals surface area contributed by atoms with Gasteiger partial charge in [-0.15, -0.1) is 0 Å². The topological polar surface area (TPSA) is 32.3 Å². The van der Waals surface area contributed by atoms with Crippen LogP contribution in [0, 0.1) is 11.8 Å². The van der Waals surface area contributed by atoms with E-state index in [1.165, 1.54) is 38.6 Å². The smallest absolute Gasteiger partial charge is 0.0571 e. The molecule has 0 amide bonds. The monoisotopic (exact) mass is 183 g/mol. The van der Waals surface area contributed by atoms with Gasteiger partial charge >= 0.3 is 0 Å². The van der Waals surface area contributed by atoms with Crippen molar-refractivity contribution < 1.29 is 5.11 Å². The number of aliphatic hydroxyl groups excluding tert-OH is 1. The van der Waals surface area contributed by atoms with Crippen molar-refractivity contribution in [2.24, 2.45) is 11.8 Å². The van der Waals surface area contributed by atoms with E-state index in [1.54, 1.807) is 0 Å². The second kappa shape index (κ2) is 4.43. The van der Waals surface area contributed by atoms with Crippen LogP contribution in [0.4, 0.5) is 0 Å². The summed E-state index contributed by atoms with van der Waals surface area (Å²) in [4.78, 5) is 0. The first-order valence-electron chi connectivity index (χ1n) is 5.76. The Morgan fingerprint density at radius 3 is 2.69 bits per heavy atom. The molecule has 2 N–H and O–H groups in total. The van der Waals surface area contributed by atoms with Crippen molar-refractivity contribution >= 4 is 0 Å². The fourth-order valence-corrected chi connectivity index (χ4v) is 2.93. The van der Waals surface area contributed by atoms with E-state index in [-0.39, 0.29) is 6.10 Å². The number of aliphatic hydroxyl groups is 1. The molecule has 1 aliphatic heterocycles. The number of hydrogen-bond donors (Lipinski definition) is 2. The largest absolute Gasteiger partial charge is 0.393 e. The van der Waals surface area contributed by atoms with Gasteiger partial charge in [-0.3, -0.25) is 0 Å². The second-order valence-electron chi connectivity index (χ2n) is 4.62. The summed E-state index contributed by atoms with van der Waals surface area (Å²) in [5, 5.41) is 13.3. The molecule has 1 aliphatic carbocycles. The normalized spacial score (nSPS) is 41.8. The summed E-state index contributed by atoms with van der Waals surface area (Å²) < 4.78 is 0. The van der Waals surface area contributed by atoms with Crippen LogP contribution in [0.3, 0.4) is 0 Å². The van der Waals surface area contributed by atoms with Crippen LogP contribution in [-0.4, -0.2) is 24.3 Å². The molecule has 0 aromatic carbocycles. The molecule has 3 atom stereocenters. The maximum absolute atomic E-state index is 9.81. The van der Waals surface area contributed by atoms with Crippen molar-refractivity contribution in [1.82, 2.24) is 5.32 Å². The Hall–Kier alpha value is -0.0800. The van der Waals surface area contributed by atoms with Gasteiger partial charge in [0.15, 0.2) is 0 Å². The lowest BCUT2D eigenvalue weighted by Gasteiger charge is -2.24. The van der Waals surface area contributed by atoms with E-state index in [1.807, 2.05) is 0 Å². The molecular weight excluding hydrogens is 162 g/mol. The Morgan fingerprint density at radius 1 is 1.00 bits per heavy atom. The zero-order chi connectivity index (χ0) is 9.10. The molecule has 0 aromatic heterocycles. The molecule has 1 saturated carbocycles. The van der Waals surface area contributed by atoms with E-state index in [0.717, 1.165) is 18.9 Å². The standard InChI is InChI=1S/C11H21NO/c13-11-6-3-5-10(11)9-4-1-2-7-12-8-9/h9-13H,1-8H2. The van der Waals surface area contributed by atoms with Gasteiger partial charge in [-0.2, -0.15) is 0 Å². The van der Waals surface area contributed by atoms with Gasteiger partial charge in [-0.1, -0.05) is 12.8 Å². The van der Waals surface area contributed by atoms with E-state index >= 15 is 0 Å². The minimum absolute atomic E-state index is 0.00454. The molecule has 0 spiro atoms. The molecule has 2 aliphatic rings. The minimum Gasteiger partial charge on any atom is -0.393 e. The van der Waals surface area contributed by atoms with Crippen molar-refractivity contribution in [1.29, 1.82) is 0 Å². The molecule has 0 aromatic rings. The van der Waals surface area contributed by atoms with E-state index in [9.17, 15) is 5.11 Å². The minimum atomic E-state index is 0.00454. The number of hydrogen-bond acceptors (Lipinski definition) is 2. The maximum atomic E-state index is 9.81. The molecule has 2 heteroatoms. The molecule has 1 heterocycles. The highest BCUT2D eigenvalue weighted by Crippen LogP contribution is 2.34. The lowest BCUT2D eigenvalue weighted by Crippen LogP contribution is -2.30. The Labute approximate surface area is 80.7 Å². The third-order valence-electron chi connectivity index (χ3n) is 3.72. The molecule has 2 nitrogen and oxygen atoms in total. The van der Waals surface area contributed by atoms with Crippen LogP contribution >= 0.6 is 0 Å². The average Bonchev–Trinajstić information content (AvgIpc) is 2.43. The fourth-order valence-electron chi connectivity index (χ4n) is 2.93. The predicted octanol–water partition coefficient (Wildman–Crippen LogP) is 1.54. The predicted molar refractivity (Wildman–Crippen MR) is 53.6 cm³/mol. The van der Waals surface area contributed by atoms with E-state index in [0.29, 0.717) is 5.92 Å². The summed E-state index contributed by atoms with van der Waals surface area (Å²) in [6.07, 6.45) is 7.54. The van der Waals surface area contributed by atoms with Crippen molar-refractivity contribution in [3.05, 3.63) is 0 Å². The lowest BCUT2D eigenvalue weighted by molar-refractivity contribution is 0.0956. The van der Waals surface area contributed by atoms with E-state index in [2.05, 4.69) is 5.32 Å². The van der Waals surface area contributed by atoms with Gasteiger partial charge in [0.2, 0.25) is 0 Å². The van der Waals surface area contributed by atoms with Gasteiger partial charge in [-0.25, -0.2) is 0 Å². The molecular formula is C11H21NO. The maximum Gasteiger partial charge on any atom is 0.0571 e. The van der Waals surface area contributed by atoms with E-state index < -0.39 is 0 Å². The quantitative estimate of drug-likeness (QED) is 0.646. The third-order valence-corrected chi connectivity index (χ3v) is 3.72. The van der Waals surface area contributed by atoms with Gasteiger partial charge in [0, 0.05) is 0 Å². The van der Waals surface area contributed by atoms with Crippen LogP contribution in [0.1, 0.15) is 38.5 Å². The van der Waals surface area contributed by atoms with Gasteiger partial charge in [-0.05, 0) is 50.6 Å². The first-order chi connectivity index (χ1) is 6.38. The van der Waals surface area contributed by atoms with Crippen molar-refractivity contribution in [3.8, 4) is 0 Å². The summed E-state index contributed by atoms with van der Waals surface area (Å²) in [5.74, 6) is 1.35. The molecule has 1 saturated heterocycles. The van der Waals surface area contributed by atoms with Crippen LogP contribution in [0.5, 0.6) is 0 Å². The molecule has 76 valence electrons. The van der Waals surface area contributed by atoms with Crippen molar-refractivity contribution in [2.45, 2.75) is 44.6 Å². The molecule has 0 bridgehead atoms. The first-order valence-corrected chi connectivity index (χ1v) is 5.76. The van der Waals surface area contributed by atoms with Gasteiger partial charge < -0.3 is 10.4 Å². The Bertz CT molecular complexity index is 152. The summed E-state index contributed by atoms with van der Waals surface area (Å²) >= 11 is 0. The third kappa shape index (κ3) is 2.23. The summed E-state index contributed by atoms with van der Waals surface area (Å²) in [7, 11) is 0. The second-order valence-corrected chi connectivity index (χ2v) is 4.62.